The van der Waals surface area contributed by atoms with Crippen LogP contribution in [0.3, 0.4) is 0 Å². The van der Waals surface area contributed by atoms with Crippen molar-refractivity contribution in [3.63, 3.8) is 0 Å². The number of hydrogen-bond acceptors (Lipinski definition) is 3. The highest BCUT2D eigenvalue weighted by Crippen LogP contribution is 2.22. The molecule has 0 atom stereocenters. The van der Waals surface area contributed by atoms with Gasteiger partial charge in [0.15, 0.2) is 11.6 Å². The lowest BCUT2D eigenvalue weighted by atomic mass is 10.3. The fraction of sp³-hybridized carbons (Fsp3) is 0.143. The molecule has 1 aromatic rings. The monoisotopic (exact) mass is 250 g/mol. The summed E-state index contributed by atoms with van der Waals surface area (Å²) in [6, 6.07) is 3.63. The number of methoxy groups -OCH3 is 1. The lowest BCUT2D eigenvalue weighted by molar-refractivity contribution is 0.304. The number of allylic oxidation sites excluding steroid dienone is 3. The van der Waals surface area contributed by atoms with Crippen LogP contribution >= 0.6 is 0 Å². The minimum absolute atomic E-state index is 0.00585. The van der Waals surface area contributed by atoms with Crippen LogP contribution in [0.1, 0.15) is 0 Å². The van der Waals surface area contributed by atoms with Crippen LogP contribution in [0, 0.1) is 5.82 Å². The zero-order valence-corrected chi connectivity index (χ0v) is 10.1. The molecule has 0 saturated carbocycles. The predicted molar refractivity (Wildman–Crippen MR) is 68.0 cm³/mol. The molecule has 1 N–H and O–H groups in total. The van der Waals surface area contributed by atoms with Crippen molar-refractivity contribution in [2.75, 3.05) is 13.7 Å². The third kappa shape index (κ3) is 4.33. The molecule has 0 unspecified atom stereocenters. The van der Waals surface area contributed by atoms with Crippen molar-refractivity contribution in [2.24, 2.45) is 0 Å². The number of benzene rings is 1. The van der Waals surface area contributed by atoms with E-state index in [9.17, 15) is 9.50 Å². The largest absolute Gasteiger partial charge is 0.508 e. The van der Waals surface area contributed by atoms with Crippen molar-refractivity contribution < 1.29 is 19.0 Å². The van der Waals surface area contributed by atoms with E-state index in [0.29, 0.717) is 5.76 Å². The van der Waals surface area contributed by atoms with Gasteiger partial charge in [0.2, 0.25) is 0 Å². The van der Waals surface area contributed by atoms with Gasteiger partial charge in [-0.05, 0) is 30.4 Å². The summed E-state index contributed by atoms with van der Waals surface area (Å²) in [5.74, 6) is 0.0607. The van der Waals surface area contributed by atoms with Crippen LogP contribution in [0.15, 0.2) is 54.8 Å². The first-order valence-electron chi connectivity index (χ1n) is 5.32. The summed E-state index contributed by atoms with van der Waals surface area (Å²) in [4.78, 5) is 0. The Kier molecular flexibility index (Phi) is 5.51. The number of phenolic OH excluding ortho intramolecular Hbond substituents is 1. The number of halogens is 1. The summed E-state index contributed by atoms with van der Waals surface area (Å²) in [6.45, 7) is 3.71. The van der Waals surface area contributed by atoms with Crippen LogP contribution in [0.2, 0.25) is 0 Å². The van der Waals surface area contributed by atoms with E-state index in [0.717, 1.165) is 6.07 Å². The summed E-state index contributed by atoms with van der Waals surface area (Å²) < 4.78 is 23.4. The van der Waals surface area contributed by atoms with Gasteiger partial charge < -0.3 is 14.6 Å². The third-order valence-corrected chi connectivity index (χ3v) is 2.05. The minimum atomic E-state index is -0.519. The normalized spacial score (nSPS) is 11.6. The van der Waals surface area contributed by atoms with Crippen LogP contribution in [0.25, 0.3) is 0 Å². The van der Waals surface area contributed by atoms with Crippen LogP contribution in [0.4, 0.5) is 4.39 Å². The zero-order chi connectivity index (χ0) is 13.4. The van der Waals surface area contributed by atoms with Gasteiger partial charge in [0.05, 0.1) is 7.11 Å². The van der Waals surface area contributed by atoms with Gasteiger partial charge in [-0.3, -0.25) is 0 Å². The van der Waals surface area contributed by atoms with E-state index < -0.39 is 5.82 Å². The molecular formula is C14H15FO3. The van der Waals surface area contributed by atoms with Crippen molar-refractivity contribution in [1.82, 2.24) is 0 Å². The average molecular weight is 250 g/mol. The van der Waals surface area contributed by atoms with Gasteiger partial charge in [-0.1, -0.05) is 12.7 Å². The number of ether oxygens (including phenoxy) is 2. The first-order chi connectivity index (χ1) is 8.67. The smallest absolute Gasteiger partial charge is 0.165 e. The van der Waals surface area contributed by atoms with Crippen molar-refractivity contribution in [3.8, 4) is 11.5 Å². The molecule has 4 heteroatoms. The molecule has 0 amide bonds. The molecule has 0 radical (unpaired) electrons. The molecule has 1 aromatic carbocycles. The second-order valence-electron chi connectivity index (χ2n) is 3.34. The van der Waals surface area contributed by atoms with E-state index in [1.165, 1.54) is 19.2 Å². The van der Waals surface area contributed by atoms with Crippen LogP contribution in [-0.2, 0) is 4.74 Å². The summed E-state index contributed by atoms with van der Waals surface area (Å²) in [5, 5.41) is 9.19. The minimum Gasteiger partial charge on any atom is -0.508 e. The van der Waals surface area contributed by atoms with Crippen molar-refractivity contribution in [3.05, 3.63) is 60.7 Å². The highest BCUT2D eigenvalue weighted by molar-refractivity contribution is 5.33. The summed E-state index contributed by atoms with van der Waals surface area (Å²) >= 11 is 0. The van der Waals surface area contributed by atoms with Crippen LogP contribution < -0.4 is 4.74 Å². The first kappa shape index (κ1) is 13.8. The summed E-state index contributed by atoms with van der Waals surface area (Å²) in [7, 11) is 1.54. The van der Waals surface area contributed by atoms with Crippen LogP contribution in [-0.4, -0.2) is 18.8 Å². The molecule has 0 bridgehead atoms. The lowest BCUT2D eigenvalue weighted by Crippen LogP contribution is -1.96. The Balaban J connectivity index is 2.56. The van der Waals surface area contributed by atoms with Gasteiger partial charge in [-0.15, -0.1) is 0 Å². The molecule has 0 aliphatic heterocycles. The Morgan fingerprint density at radius 3 is 2.94 bits per heavy atom. The maximum absolute atomic E-state index is 13.2. The van der Waals surface area contributed by atoms with E-state index >= 15 is 0 Å². The highest BCUT2D eigenvalue weighted by Gasteiger charge is 2.02. The molecule has 0 aliphatic rings. The summed E-state index contributed by atoms with van der Waals surface area (Å²) in [6.07, 6.45) is 6.63. The number of hydrogen-bond donors (Lipinski definition) is 1. The van der Waals surface area contributed by atoms with E-state index in [-0.39, 0.29) is 18.1 Å². The van der Waals surface area contributed by atoms with Gasteiger partial charge in [0, 0.05) is 6.07 Å². The molecule has 1 rings (SSSR count). The zero-order valence-electron chi connectivity index (χ0n) is 10.1. The topological polar surface area (TPSA) is 38.7 Å². The number of aromatic hydroxyl groups is 1. The predicted octanol–water partition coefficient (Wildman–Crippen LogP) is 3.18. The first-order valence-corrected chi connectivity index (χ1v) is 5.32. The lowest BCUT2D eigenvalue weighted by Gasteiger charge is -2.05. The SMILES string of the molecule is C=C/C=C(\C=C/COc1cc(O)ccc1F)OC. The van der Waals surface area contributed by atoms with Gasteiger partial charge in [0.1, 0.15) is 18.1 Å². The van der Waals surface area contributed by atoms with Crippen molar-refractivity contribution >= 4 is 0 Å². The molecular weight excluding hydrogens is 235 g/mol. The van der Waals surface area contributed by atoms with Gasteiger partial charge >= 0.3 is 0 Å². The Morgan fingerprint density at radius 2 is 2.28 bits per heavy atom. The van der Waals surface area contributed by atoms with Crippen molar-refractivity contribution in [2.45, 2.75) is 0 Å². The molecule has 0 heterocycles. The van der Waals surface area contributed by atoms with Crippen molar-refractivity contribution in [1.29, 1.82) is 0 Å². The molecule has 18 heavy (non-hydrogen) atoms. The van der Waals surface area contributed by atoms with Gasteiger partial charge in [0.25, 0.3) is 0 Å². The maximum atomic E-state index is 13.2. The molecule has 0 aromatic heterocycles. The van der Waals surface area contributed by atoms with E-state index in [2.05, 4.69) is 6.58 Å². The fourth-order valence-corrected chi connectivity index (χ4v) is 1.21. The summed E-state index contributed by atoms with van der Waals surface area (Å²) in [5.41, 5.74) is 0. The molecule has 0 saturated heterocycles. The molecule has 0 spiro atoms. The number of rotatable bonds is 6. The number of phenols is 1. The molecule has 96 valence electrons. The highest BCUT2D eigenvalue weighted by atomic mass is 19.1. The quantitative estimate of drug-likeness (QED) is 0.622. The standard InChI is InChI=1S/C14H15FO3/c1-3-5-12(17-2)6-4-9-18-14-10-11(16)7-8-13(14)15/h3-8,10,16H,1,9H2,2H3/b6-4-,12-5+. The third-order valence-electron chi connectivity index (χ3n) is 2.05. The Bertz CT molecular complexity index is 464. The van der Waals surface area contributed by atoms with Crippen LogP contribution in [0.5, 0.6) is 11.5 Å². The second-order valence-corrected chi connectivity index (χ2v) is 3.34. The Hall–Kier alpha value is -2.23. The van der Waals surface area contributed by atoms with Gasteiger partial charge in [-0.2, -0.15) is 0 Å². The van der Waals surface area contributed by atoms with E-state index in [1.54, 1.807) is 24.3 Å². The Morgan fingerprint density at radius 1 is 1.50 bits per heavy atom. The molecule has 0 aliphatic carbocycles. The van der Waals surface area contributed by atoms with Gasteiger partial charge in [-0.25, -0.2) is 4.39 Å². The second kappa shape index (κ2) is 7.17. The van der Waals surface area contributed by atoms with E-state index in [4.69, 9.17) is 9.47 Å². The molecule has 3 nitrogen and oxygen atoms in total. The average Bonchev–Trinajstić information content (AvgIpc) is 2.37. The van der Waals surface area contributed by atoms with E-state index in [1.807, 2.05) is 0 Å². The Labute approximate surface area is 105 Å². The molecule has 0 fully saturated rings. The maximum Gasteiger partial charge on any atom is 0.165 e. The fourth-order valence-electron chi connectivity index (χ4n) is 1.21.